The fourth-order valence-electron chi connectivity index (χ4n) is 9.25. The van der Waals surface area contributed by atoms with Crippen molar-refractivity contribution in [1.29, 1.82) is 0 Å². The molecule has 0 saturated carbocycles. The first-order chi connectivity index (χ1) is 29.1. The molecule has 0 saturated heterocycles. The number of benzene rings is 8. The molecule has 1 N–H and O–H groups in total. The van der Waals surface area contributed by atoms with Crippen LogP contribution in [0.4, 0.5) is 11.4 Å². The van der Waals surface area contributed by atoms with Gasteiger partial charge in [-0.1, -0.05) is 215 Å². The van der Waals surface area contributed by atoms with Gasteiger partial charge in [-0.3, -0.25) is 0 Å². The number of allylic oxidation sites excluding steroid dienone is 5. The van der Waals surface area contributed by atoms with Gasteiger partial charge in [0.2, 0.25) is 0 Å². The molecular formula is C58H51N. The number of fused-ring (bicyclic) bond motifs is 10. The zero-order valence-electron chi connectivity index (χ0n) is 34.5. The lowest BCUT2D eigenvalue weighted by atomic mass is 9.59. The Morgan fingerprint density at radius 2 is 1.10 bits per heavy atom. The molecule has 1 nitrogen and oxygen atoms in total. The fourth-order valence-corrected chi connectivity index (χ4v) is 9.25. The third kappa shape index (κ3) is 7.04. The summed E-state index contributed by atoms with van der Waals surface area (Å²) in [6.07, 6.45) is 8.04. The van der Waals surface area contributed by atoms with E-state index in [2.05, 4.69) is 219 Å². The molecule has 0 aliphatic heterocycles. The van der Waals surface area contributed by atoms with Crippen molar-refractivity contribution >= 4 is 27.7 Å². The molecule has 2 aliphatic rings. The predicted molar refractivity (Wildman–Crippen MR) is 255 cm³/mol. The Kier molecular flexibility index (Phi) is 11.4. The summed E-state index contributed by atoms with van der Waals surface area (Å²) in [6.45, 7) is 12.2. The molecule has 10 rings (SSSR count). The van der Waals surface area contributed by atoms with E-state index in [0.717, 1.165) is 11.4 Å². The molecule has 0 fully saturated rings. The molecule has 0 unspecified atom stereocenters. The van der Waals surface area contributed by atoms with Gasteiger partial charge >= 0.3 is 0 Å². The van der Waals surface area contributed by atoms with Crippen LogP contribution in [0.3, 0.4) is 0 Å². The fraction of sp³-hybridized carbons (Fsp3) is 0.103. The van der Waals surface area contributed by atoms with Gasteiger partial charge in [-0.25, -0.2) is 0 Å². The summed E-state index contributed by atoms with van der Waals surface area (Å²) in [5.41, 5.74) is 17.8. The number of hydrogen-bond donors (Lipinski definition) is 1. The van der Waals surface area contributed by atoms with Crippen molar-refractivity contribution in [2.45, 2.75) is 39.0 Å². The quantitative estimate of drug-likeness (QED) is 0.166. The second-order valence-electron chi connectivity index (χ2n) is 14.9. The van der Waals surface area contributed by atoms with E-state index in [1.807, 2.05) is 32.9 Å². The summed E-state index contributed by atoms with van der Waals surface area (Å²) in [7, 11) is 0. The molecule has 288 valence electrons. The van der Waals surface area contributed by atoms with Crippen LogP contribution in [0.25, 0.3) is 38.6 Å². The molecule has 1 heteroatoms. The van der Waals surface area contributed by atoms with Gasteiger partial charge in [0, 0.05) is 17.3 Å². The maximum absolute atomic E-state index is 3.78. The Labute approximate surface area is 350 Å². The first-order valence-corrected chi connectivity index (χ1v) is 20.9. The van der Waals surface area contributed by atoms with Gasteiger partial charge in [0.25, 0.3) is 0 Å². The summed E-state index contributed by atoms with van der Waals surface area (Å²) < 4.78 is 0. The van der Waals surface area contributed by atoms with Crippen LogP contribution in [0.5, 0.6) is 0 Å². The maximum atomic E-state index is 3.78. The molecule has 0 atom stereocenters. The smallest absolute Gasteiger partial charge is 0.0719 e. The highest BCUT2D eigenvalue weighted by molar-refractivity contribution is 5.96. The summed E-state index contributed by atoms with van der Waals surface area (Å²) >= 11 is 0. The average molecular weight is 762 g/mol. The van der Waals surface area contributed by atoms with Crippen molar-refractivity contribution in [3.63, 3.8) is 0 Å². The van der Waals surface area contributed by atoms with Gasteiger partial charge in [0.1, 0.15) is 0 Å². The monoisotopic (exact) mass is 761 g/mol. The Balaban J connectivity index is 0.000000214. The molecule has 0 heterocycles. The highest BCUT2D eigenvalue weighted by Crippen LogP contribution is 2.61. The van der Waals surface area contributed by atoms with E-state index < -0.39 is 0 Å². The van der Waals surface area contributed by atoms with Crippen LogP contribution in [0.1, 0.15) is 72.6 Å². The van der Waals surface area contributed by atoms with Gasteiger partial charge in [-0.15, -0.1) is 0 Å². The Hall–Kier alpha value is -6.96. The van der Waals surface area contributed by atoms with Gasteiger partial charge < -0.3 is 5.32 Å². The van der Waals surface area contributed by atoms with Crippen LogP contribution in [-0.2, 0) is 5.41 Å². The van der Waals surface area contributed by atoms with Crippen molar-refractivity contribution in [3.05, 3.63) is 258 Å². The lowest BCUT2D eigenvalue weighted by Gasteiger charge is -2.42. The van der Waals surface area contributed by atoms with E-state index in [4.69, 9.17) is 0 Å². The molecule has 8 aromatic rings. The minimum absolute atomic E-state index is 0.318. The normalized spacial score (nSPS) is 15.8. The summed E-state index contributed by atoms with van der Waals surface area (Å²) in [5, 5.41) is 6.23. The van der Waals surface area contributed by atoms with Crippen LogP contribution in [0, 0.1) is 0 Å². The topological polar surface area (TPSA) is 12.0 Å². The first-order valence-electron chi connectivity index (χ1n) is 20.9. The molecule has 2 aliphatic carbocycles. The first kappa shape index (κ1) is 38.9. The van der Waals surface area contributed by atoms with Crippen LogP contribution < -0.4 is 5.32 Å². The SMILES string of the molecule is C=C/C=C(\C=C/C)c1cccc2ccccc12.CC.CC1c2ccccc2C2(c3ccccc3-c3cc(Nc4ccc(-c5ccccc5)cc4)ccc32)c2ccccc21. The summed E-state index contributed by atoms with van der Waals surface area (Å²) in [4.78, 5) is 0. The lowest BCUT2D eigenvalue weighted by molar-refractivity contribution is 0.685. The van der Waals surface area contributed by atoms with E-state index in [1.165, 1.54) is 77.5 Å². The lowest BCUT2D eigenvalue weighted by Crippen LogP contribution is -2.35. The van der Waals surface area contributed by atoms with Gasteiger partial charge in [0.05, 0.1) is 5.41 Å². The predicted octanol–water partition coefficient (Wildman–Crippen LogP) is 15.9. The van der Waals surface area contributed by atoms with E-state index >= 15 is 0 Å². The van der Waals surface area contributed by atoms with Crippen LogP contribution in [-0.4, -0.2) is 0 Å². The second-order valence-corrected chi connectivity index (χ2v) is 14.9. The third-order valence-corrected chi connectivity index (χ3v) is 11.7. The molecular weight excluding hydrogens is 711 g/mol. The number of rotatable bonds is 6. The Morgan fingerprint density at radius 1 is 0.542 bits per heavy atom. The van der Waals surface area contributed by atoms with Crippen molar-refractivity contribution in [1.82, 2.24) is 0 Å². The summed E-state index contributed by atoms with van der Waals surface area (Å²) in [6, 6.07) is 68.2. The van der Waals surface area contributed by atoms with Gasteiger partial charge in [-0.2, -0.15) is 0 Å². The highest BCUT2D eigenvalue weighted by atomic mass is 14.9. The van der Waals surface area contributed by atoms with Crippen molar-refractivity contribution in [2.24, 2.45) is 0 Å². The van der Waals surface area contributed by atoms with Gasteiger partial charge in [-0.05, 0) is 109 Å². The molecule has 0 aromatic heterocycles. The van der Waals surface area contributed by atoms with Crippen LogP contribution in [0.15, 0.2) is 219 Å². The molecule has 0 bridgehead atoms. The number of nitrogens with one attached hydrogen (secondary N) is 1. The number of anilines is 2. The van der Waals surface area contributed by atoms with E-state index in [0.29, 0.717) is 5.92 Å². The van der Waals surface area contributed by atoms with E-state index in [1.54, 1.807) is 0 Å². The van der Waals surface area contributed by atoms with E-state index in [9.17, 15) is 0 Å². The van der Waals surface area contributed by atoms with Crippen molar-refractivity contribution < 1.29 is 0 Å². The van der Waals surface area contributed by atoms with Gasteiger partial charge in [0.15, 0.2) is 0 Å². The second kappa shape index (κ2) is 17.3. The zero-order valence-corrected chi connectivity index (χ0v) is 34.5. The zero-order chi connectivity index (χ0) is 40.8. The minimum Gasteiger partial charge on any atom is -0.356 e. The molecule has 8 aromatic carbocycles. The van der Waals surface area contributed by atoms with Crippen LogP contribution in [0.2, 0.25) is 0 Å². The molecule has 0 amide bonds. The Bertz CT molecular complexity index is 2750. The molecule has 0 radical (unpaired) electrons. The standard InChI is InChI=1S/C39H29N.C17H16.C2H6/c1-26-31-13-5-8-16-35(31)39(36-17-9-6-14-32(26)36)37-18-10-7-15-33(37)34-25-30(23-24-38(34)39)40-29-21-19-28(20-22-29)27-11-3-2-4-12-27;1-3-8-14(9-4-2)17-13-7-11-15-10-5-6-12-16(15)17;1-2/h2-26,40H,1H3;3-13H,1H2,2H3;1-2H3/b;9-4-,14-8+;. The Morgan fingerprint density at radius 3 is 1.80 bits per heavy atom. The maximum Gasteiger partial charge on any atom is 0.0719 e. The molecule has 1 spiro atoms. The highest BCUT2D eigenvalue weighted by Gasteiger charge is 2.50. The third-order valence-electron chi connectivity index (χ3n) is 11.7. The van der Waals surface area contributed by atoms with Crippen molar-refractivity contribution in [3.8, 4) is 22.3 Å². The number of hydrogen-bond acceptors (Lipinski definition) is 1. The van der Waals surface area contributed by atoms with E-state index in [-0.39, 0.29) is 5.41 Å². The van der Waals surface area contributed by atoms with Crippen molar-refractivity contribution in [2.75, 3.05) is 5.32 Å². The summed E-state index contributed by atoms with van der Waals surface area (Å²) in [5.74, 6) is 0.356. The average Bonchev–Trinajstić information content (AvgIpc) is 3.59. The molecule has 59 heavy (non-hydrogen) atoms. The van der Waals surface area contributed by atoms with Crippen LogP contribution >= 0.6 is 0 Å². The minimum atomic E-state index is -0.318. The largest absolute Gasteiger partial charge is 0.356 e.